The predicted molar refractivity (Wildman–Crippen MR) is 25.6 cm³/mol. The van der Waals surface area contributed by atoms with Crippen LogP contribution in [0.15, 0.2) is 0 Å². The Morgan fingerprint density at radius 3 is 2.25 bits per heavy atom. The third-order valence-electron chi connectivity index (χ3n) is 0.485. The molecule has 0 spiro atoms. The lowest BCUT2D eigenvalue weighted by atomic mass is 10.7. The highest BCUT2D eigenvalue weighted by molar-refractivity contribution is 4.36. The monoisotopic (exact) mass is 125 g/mol. The van der Waals surface area contributed by atoms with E-state index >= 15 is 0 Å². The number of alkyl halides is 2. The normalized spacial score (nSPS) is 14.6. The molecule has 0 saturated carbocycles. The highest BCUT2D eigenvalue weighted by Gasteiger charge is 2.02. The van der Waals surface area contributed by atoms with Crippen molar-refractivity contribution in [1.82, 2.24) is 0 Å². The zero-order valence-electron chi connectivity index (χ0n) is 4.60. The Hall–Kier alpha value is -0.220. The molecule has 0 aromatic rings. The van der Waals surface area contributed by atoms with Crippen LogP contribution in [0.3, 0.4) is 0 Å². The molecule has 0 rings (SSSR count). The van der Waals surface area contributed by atoms with Crippen LogP contribution in [0.2, 0.25) is 0 Å². The first-order valence-electron chi connectivity index (χ1n) is 2.28. The number of hydrogen-bond acceptors (Lipinski definition) is 2. The van der Waals surface area contributed by atoms with Crippen molar-refractivity contribution in [2.75, 3.05) is 6.61 Å². The lowest BCUT2D eigenvalue weighted by molar-refractivity contribution is -0.0146. The van der Waals surface area contributed by atoms with E-state index in [0.717, 1.165) is 0 Å². The maximum Gasteiger partial charge on any atom is 0.261 e. The molecular weight excluding hydrogens is 116 g/mol. The summed E-state index contributed by atoms with van der Waals surface area (Å²) in [6.45, 7) is 0.931. The predicted octanol–water partition coefficient (Wildman–Crippen LogP) is 0.573. The molecule has 2 nitrogen and oxygen atoms in total. The first-order chi connectivity index (χ1) is 3.63. The first kappa shape index (κ1) is 7.78. The summed E-state index contributed by atoms with van der Waals surface area (Å²) in [5.74, 6) is 0. The molecule has 0 aromatic carbocycles. The van der Waals surface area contributed by atoms with Crippen molar-refractivity contribution < 1.29 is 13.5 Å². The Morgan fingerprint density at radius 2 is 2.12 bits per heavy atom. The first-order valence-corrected chi connectivity index (χ1v) is 2.28. The van der Waals surface area contributed by atoms with Gasteiger partial charge in [-0.2, -0.15) is 0 Å². The second-order valence-electron chi connectivity index (χ2n) is 1.43. The molecule has 0 fully saturated rings. The standard InChI is InChI=1S/C4H9F2NO/c1-3(7)8-2-4(5)6/h3-4H,2,7H2,1H3/t3-/m0/s1. The Morgan fingerprint density at radius 1 is 1.62 bits per heavy atom. The topological polar surface area (TPSA) is 35.2 Å². The van der Waals surface area contributed by atoms with E-state index in [2.05, 4.69) is 4.74 Å². The van der Waals surface area contributed by atoms with Crippen molar-refractivity contribution in [3.05, 3.63) is 0 Å². The second kappa shape index (κ2) is 3.74. The van der Waals surface area contributed by atoms with Gasteiger partial charge in [0.2, 0.25) is 0 Å². The van der Waals surface area contributed by atoms with Crippen molar-refractivity contribution in [3.63, 3.8) is 0 Å². The minimum absolute atomic E-state index is 0.572. The Labute approximate surface area is 46.6 Å². The maximum absolute atomic E-state index is 11.2. The lowest BCUT2D eigenvalue weighted by Crippen LogP contribution is -2.22. The summed E-state index contributed by atoms with van der Waals surface area (Å²) in [4.78, 5) is 0. The molecule has 0 aromatic heterocycles. The number of ether oxygens (including phenoxy) is 1. The van der Waals surface area contributed by atoms with E-state index in [9.17, 15) is 8.78 Å². The second-order valence-corrected chi connectivity index (χ2v) is 1.43. The summed E-state index contributed by atoms with van der Waals surface area (Å²) in [5.41, 5.74) is 4.99. The van der Waals surface area contributed by atoms with Crippen molar-refractivity contribution in [3.8, 4) is 0 Å². The van der Waals surface area contributed by atoms with Gasteiger partial charge >= 0.3 is 0 Å². The summed E-state index contributed by atoms with van der Waals surface area (Å²) in [7, 11) is 0. The molecule has 2 N–H and O–H groups in total. The van der Waals surface area contributed by atoms with Gasteiger partial charge in [-0.3, -0.25) is 0 Å². The summed E-state index contributed by atoms with van der Waals surface area (Å²) in [5, 5.41) is 0. The summed E-state index contributed by atoms with van der Waals surface area (Å²) < 4.78 is 26.8. The molecule has 0 saturated heterocycles. The molecule has 0 bridgehead atoms. The molecule has 8 heavy (non-hydrogen) atoms. The molecule has 0 aliphatic heterocycles. The van der Waals surface area contributed by atoms with E-state index in [4.69, 9.17) is 5.73 Å². The van der Waals surface area contributed by atoms with E-state index in [1.807, 2.05) is 0 Å². The van der Waals surface area contributed by atoms with Crippen LogP contribution in [-0.2, 0) is 4.74 Å². The van der Waals surface area contributed by atoms with Gasteiger partial charge in [-0.1, -0.05) is 0 Å². The van der Waals surface area contributed by atoms with Gasteiger partial charge in [0.1, 0.15) is 12.8 Å². The lowest BCUT2D eigenvalue weighted by Gasteiger charge is -2.04. The van der Waals surface area contributed by atoms with E-state index in [1.54, 1.807) is 0 Å². The average Bonchev–Trinajstić information content (AvgIpc) is 1.61. The number of rotatable bonds is 3. The molecule has 0 amide bonds. The van der Waals surface area contributed by atoms with Gasteiger partial charge in [0.25, 0.3) is 6.43 Å². The van der Waals surface area contributed by atoms with Crippen LogP contribution in [0.1, 0.15) is 6.92 Å². The van der Waals surface area contributed by atoms with Crippen molar-refractivity contribution in [1.29, 1.82) is 0 Å². The van der Waals surface area contributed by atoms with Crippen molar-refractivity contribution >= 4 is 0 Å². The SMILES string of the molecule is C[C@@H](N)OCC(F)F. The summed E-state index contributed by atoms with van der Waals surface area (Å²) in [6.07, 6.45) is -3.01. The Balaban J connectivity index is 2.93. The van der Waals surface area contributed by atoms with Gasteiger partial charge in [0, 0.05) is 0 Å². The van der Waals surface area contributed by atoms with Crippen LogP contribution in [0.4, 0.5) is 8.78 Å². The van der Waals surface area contributed by atoms with Gasteiger partial charge in [0.05, 0.1) is 0 Å². The molecule has 0 unspecified atom stereocenters. The molecule has 0 aliphatic carbocycles. The third-order valence-corrected chi connectivity index (χ3v) is 0.485. The Kier molecular flexibility index (Phi) is 3.64. The highest BCUT2D eigenvalue weighted by Crippen LogP contribution is 1.92. The van der Waals surface area contributed by atoms with E-state index in [0.29, 0.717) is 0 Å². The van der Waals surface area contributed by atoms with Crippen LogP contribution in [-0.4, -0.2) is 19.3 Å². The van der Waals surface area contributed by atoms with Crippen molar-refractivity contribution in [2.24, 2.45) is 5.73 Å². The zero-order valence-corrected chi connectivity index (χ0v) is 4.60. The smallest absolute Gasteiger partial charge is 0.261 e. The summed E-state index contributed by atoms with van der Waals surface area (Å²) >= 11 is 0. The minimum atomic E-state index is -2.42. The van der Waals surface area contributed by atoms with Crippen LogP contribution in [0.5, 0.6) is 0 Å². The number of hydrogen-bond donors (Lipinski definition) is 1. The molecular formula is C4H9F2NO. The molecule has 0 heterocycles. The fourth-order valence-corrected chi connectivity index (χ4v) is 0.225. The molecule has 0 aliphatic rings. The van der Waals surface area contributed by atoms with Crippen LogP contribution < -0.4 is 5.73 Å². The fraction of sp³-hybridized carbons (Fsp3) is 1.00. The number of nitrogens with two attached hydrogens (primary N) is 1. The fourth-order valence-electron chi connectivity index (χ4n) is 0.225. The number of halogens is 2. The van der Waals surface area contributed by atoms with Gasteiger partial charge in [-0.25, -0.2) is 8.78 Å². The highest BCUT2D eigenvalue weighted by atomic mass is 19.3. The van der Waals surface area contributed by atoms with Crippen LogP contribution in [0, 0.1) is 0 Å². The van der Waals surface area contributed by atoms with Gasteiger partial charge in [0.15, 0.2) is 0 Å². The van der Waals surface area contributed by atoms with Crippen LogP contribution in [0.25, 0.3) is 0 Å². The average molecular weight is 125 g/mol. The van der Waals surface area contributed by atoms with E-state index < -0.39 is 19.3 Å². The third kappa shape index (κ3) is 5.78. The van der Waals surface area contributed by atoms with Gasteiger partial charge < -0.3 is 10.5 Å². The van der Waals surface area contributed by atoms with E-state index in [-0.39, 0.29) is 0 Å². The molecule has 1 atom stereocenters. The molecule has 4 heteroatoms. The van der Waals surface area contributed by atoms with E-state index in [1.165, 1.54) is 6.92 Å². The Bertz CT molecular complexity index is 50.0. The quantitative estimate of drug-likeness (QED) is 0.560. The van der Waals surface area contributed by atoms with Gasteiger partial charge in [-0.15, -0.1) is 0 Å². The maximum atomic E-state index is 11.2. The van der Waals surface area contributed by atoms with Gasteiger partial charge in [-0.05, 0) is 6.92 Å². The molecule has 0 radical (unpaired) electrons. The summed E-state index contributed by atoms with van der Waals surface area (Å²) in [6, 6.07) is 0. The molecule has 50 valence electrons. The largest absolute Gasteiger partial charge is 0.358 e. The zero-order chi connectivity index (χ0) is 6.57. The van der Waals surface area contributed by atoms with Crippen LogP contribution >= 0.6 is 0 Å². The van der Waals surface area contributed by atoms with Crippen molar-refractivity contribution in [2.45, 2.75) is 19.6 Å². The minimum Gasteiger partial charge on any atom is -0.358 e.